The summed E-state index contributed by atoms with van der Waals surface area (Å²) in [7, 11) is 0. The molecule has 0 aromatic carbocycles. The first-order valence-corrected chi connectivity index (χ1v) is 6.18. The molecule has 0 spiro atoms. The molecule has 0 bridgehead atoms. The van der Waals surface area contributed by atoms with Crippen molar-refractivity contribution in [2.24, 2.45) is 0 Å². The summed E-state index contributed by atoms with van der Waals surface area (Å²) in [6.45, 7) is 4.04. The van der Waals surface area contributed by atoms with Crippen molar-refractivity contribution in [1.82, 2.24) is 9.97 Å². The molecule has 0 unspecified atom stereocenters. The molecule has 2 aromatic heterocycles. The van der Waals surface area contributed by atoms with Gasteiger partial charge in [0, 0.05) is 5.39 Å². The molecule has 0 amide bonds. The van der Waals surface area contributed by atoms with Gasteiger partial charge in [-0.2, -0.15) is 0 Å². The van der Waals surface area contributed by atoms with E-state index in [4.69, 9.17) is 0 Å². The third kappa shape index (κ3) is 3.56. The number of rotatable bonds is 2. The van der Waals surface area contributed by atoms with E-state index in [-0.39, 0.29) is 5.82 Å². The zero-order valence-electron chi connectivity index (χ0n) is 11.0. The molecule has 1 N–H and O–H groups in total. The van der Waals surface area contributed by atoms with E-state index < -0.39 is 0 Å². The Morgan fingerprint density at radius 3 is 3.11 bits per heavy atom. The number of H-pyrrole nitrogens is 1. The number of pyridine rings is 1. The quantitative estimate of drug-likeness (QED) is 0.637. The molecule has 0 aliphatic heterocycles. The second-order valence-electron chi connectivity index (χ2n) is 4.21. The Hall–Kier alpha value is -2.34. The van der Waals surface area contributed by atoms with Gasteiger partial charge in [-0.1, -0.05) is 31.1 Å². The molecule has 2 rings (SSSR count). The van der Waals surface area contributed by atoms with Crippen LogP contribution in [0.5, 0.6) is 0 Å². The van der Waals surface area contributed by atoms with Crippen molar-refractivity contribution >= 4 is 11.0 Å². The zero-order chi connectivity index (χ0) is 13.7. The van der Waals surface area contributed by atoms with E-state index >= 15 is 0 Å². The lowest BCUT2D eigenvalue weighted by atomic mass is 10.2. The molecule has 2 heterocycles. The van der Waals surface area contributed by atoms with E-state index in [2.05, 4.69) is 34.8 Å². The standard InChI is InChI=1S/C16H15FN2/c1-3-4-5-6-12(2)7-8-15-10-13-9-14(17)11-18-16(13)19-15/h4-6,9-11H,3H2,1-2H3,(H,18,19)/b5-4-,12-6+. The number of hydrogen-bond acceptors (Lipinski definition) is 1. The van der Waals surface area contributed by atoms with E-state index in [9.17, 15) is 4.39 Å². The van der Waals surface area contributed by atoms with Gasteiger partial charge < -0.3 is 4.98 Å². The van der Waals surface area contributed by atoms with Gasteiger partial charge in [0.15, 0.2) is 0 Å². The van der Waals surface area contributed by atoms with Crippen LogP contribution in [0, 0.1) is 17.7 Å². The predicted molar refractivity (Wildman–Crippen MR) is 76.1 cm³/mol. The van der Waals surface area contributed by atoms with Crippen LogP contribution in [0.25, 0.3) is 11.0 Å². The summed E-state index contributed by atoms with van der Waals surface area (Å²) in [6.07, 6.45) is 8.23. The summed E-state index contributed by atoms with van der Waals surface area (Å²) < 4.78 is 13.0. The minimum atomic E-state index is -0.341. The number of fused-ring (bicyclic) bond motifs is 1. The number of aromatic nitrogens is 2. The van der Waals surface area contributed by atoms with E-state index in [1.54, 1.807) is 6.07 Å². The topological polar surface area (TPSA) is 28.7 Å². The SMILES string of the molecule is CC/C=C\C=C(/C)C#Cc1cc2cc(F)cnc2[nH]1. The number of nitrogens with one attached hydrogen (secondary N) is 1. The highest BCUT2D eigenvalue weighted by Gasteiger charge is 2.00. The molecule has 2 nitrogen and oxygen atoms in total. The van der Waals surface area contributed by atoms with Gasteiger partial charge in [0.1, 0.15) is 11.5 Å². The first kappa shape index (κ1) is 13.1. The number of nitrogens with zero attached hydrogens (tertiary/aromatic N) is 1. The number of aromatic amines is 1. The molecule has 0 fully saturated rings. The summed E-state index contributed by atoms with van der Waals surface area (Å²) >= 11 is 0. The minimum absolute atomic E-state index is 0.341. The molecule has 3 heteroatoms. The fourth-order valence-electron chi connectivity index (χ4n) is 1.61. The van der Waals surface area contributed by atoms with Crippen molar-refractivity contribution in [3.63, 3.8) is 0 Å². The maximum absolute atomic E-state index is 13.0. The summed E-state index contributed by atoms with van der Waals surface area (Å²) in [5, 5.41) is 0.733. The van der Waals surface area contributed by atoms with Gasteiger partial charge in [0.25, 0.3) is 0 Å². The van der Waals surface area contributed by atoms with E-state index in [0.29, 0.717) is 5.65 Å². The Kier molecular flexibility index (Phi) is 4.15. The summed E-state index contributed by atoms with van der Waals surface area (Å²) in [6, 6.07) is 3.24. The molecule has 0 aliphatic carbocycles. The lowest BCUT2D eigenvalue weighted by molar-refractivity contribution is 0.624. The van der Waals surface area contributed by atoms with Crippen LogP contribution < -0.4 is 0 Å². The maximum Gasteiger partial charge on any atom is 0.142 e. The molecule has 0 aliphatic rings. The second kappa shape index (κ2) is 6.01. The van der Waals surface area contributed by atoms with Crippen LogP contribution >= 0.6 is 0 Å². The molecule has 19 heavy (non-hydrogen) atoms. The molecule has 0 radical (unpaired) electrons. The largest absolute Gasteiger partial charge is 0.333 e. The molecule has 0 saturated carbocycles. The van der Waals surface area contributed by atoms with Gasteiger partial charge in [-0.25, -0.2) is 9.37 Å². The lowest BCUT2D eigenvalue weighted by Crippen LogP contribution is -1.78. The van der Waals surface area contributed by atoms with Crippen LogP contribution in [0.2, 0.25) is 0 Å². The smallest absolute Gasteiger partial charge is 0.142 e. The summed E-state index contributed by atoms with van der Waals surface area (Å²) in [5.74, 6) is 5.71. The zero-order valence-corrected chi connectivity index (χ0v) is 11.0. The number of halogens is 1. The van der Waals surface area contributed by atoms with Gasteiger partial charge in [0.2, 0.25) is 0 Å². The van der Waals surface area contributed by atoms with Crippen molar-refractivity contribution in [2.75, 3.05) is 0 Å². The summed E-state index contributed by atoms with van der Waals surface area (Å²) in [4.78, 5) is 7.01. The first-order chi connectivity index (χ1) is 9.19. The Bertz CT molecular complexity index is 696. The Balaban J connectivity index is 2.22. The van der Waals surface area contributed by atoms with Gasteiger partial charge in [-0.3, -0.25) is 0 Å². The van der Waals surface area contributed by atoms with Crippen molar-refractivity contribution in [1.29, 1.82) is 0 Å². The normalized spacial score (nSPS) is 11.8. The van der Waals surface area contributed by atoms with Crippen LogP contribution in [-0.4, -0.2) is 9.97 Å². The monoisotopic (exact) mass is 254 g/mol. The highest BCUT2D eigenvalue weighted by molar-refractivity contribution is 5.77. The van der Waals surface area contributed by atoms with Gasteiger partial charge >= 0.3 is 0 Å². The minimum Gasteiger partial charge on any atom is -0.333 e. The van der Waals surface area contributed by atoms with Crippen LogP contribution in [-0.2, 0) is 0 Å². The third-order valence-electron chi connectivity index (χ3n) is 2.55. The highest BCUT2D eigenvalue weighted by Crippen LogP contribution is 2.13. The maximum atomic E-state index is 13.0. The average Bonchev–Trinajstić information content (AvgIpc) is 2.78. The van der Waals surface area contributed by atoms with Crippen LogP contribution in [0.1, 0.15) is 26.0 Å². The van der Waals surface area contributed by atoms with E-state index in [1.165, 1.54) is 12.3 Å². The molecule has 0 atom stereocenters. The van der Waals surface area contributed by atoms with Crippen molar-refractivity contribution in [2.45, 2.75) is 20.3 Å². The van der Waals surface area contributed by atoms with Crippen molar-refractivity contribution < 1.29 is 4.39 Å². The molecular weight excluding hydrogens is 239 g/mol. The summed E-state index contributed by atoms with van der Waals surface area (Å²) in [5.41, 5.74) is 2.36. The third-order valence-corrected chi connectivity index (χ3v) is 2.55. The highest BCUT2D eigenvalue weighted by atomic mass is 19.1. The first-order valence-electron chi connectivity index (χ1n) is 6.18. The lowest BCUT2D eigenvalue weighted by Gasteiger charge is -1.86. The molecule has 0 saturated heterocycles. The van der Waals surface area contributed by atoms with Gasteiger partial charge in [0.05, 0.1) is 11.9 Å². The average molecular weight is 254 g/mol. The van der Waals surface area contributed by atoms with Crippen LogP contribution in [0.4, 0.5) is 4.39 Å². The predicted octanol–water partition coefficient (Wildman–Crippen LogP) is 3.97. The fraction of sp³-hybridized carbons (Fsp3) is 0.188. The van der Waals surface area contributed by atoms with Gasteiger partial charge in [-0.15, -0.1) is 0 Å². The fourth-order valence-corrected chi connectivity index (χ4v) is 1.61. The Morgan fingerprint density at radius 2 is 2.32 bits per heavy atom. The van der Waals surface area contributed by atoms with Crippen LogP contribution in [0.3, 0.4) is 0 Å². The van der Waals surface area contributed by atoms with E-state index in [0.717, 1.165) is 23.1 Å². The Labute approximate surface area is 112 Å². The number of hydrogen-bond donors (Lipinski definition) is 1. The van der Waals surface area contributed by atoms with Crippen LogP contribution in [0.15, 0.2) is 42.1 Å². The second-order valence-corrected chi connectivity index (χ2v) is 4.21. The molecular formula is C16H15FN2. The van der Waals surface area contributed by atoms with Crippen molar-refractivity contribution in [3.8, 4) is 11.8 Å². The van der Waals surface area contributed by atoms with Crippen molar-refractivity contribution in [3.05, 3.63) is 53.6 Å². The van der Waals surface area contributed by atoms with Gasteiger partial charge in [-0.05, 0) is 37.0 Å². The Morgan fingerprint density at radius 1 is 1.47 bits per heavy atom. The van der Waals surface area contributed by atoms with E-state index in [1.807, 2.05) is 19.1 Å². The molecule has 96 valence electrons. The molecule has 2 aromatic rings. The number of allylic oxidation sites excluding steroid dienone is 4.